The van der Waals surface area contributed by atoms with Gasteiger partial charge in [-0.05, 0) is 32.1 Å². The van der Waals surface area contributed by atoms with Crippen molar-refractivity contribution in [1.29, 1.82) is 0 Å². The zero-order valence-electron chi connectivity index (χ0n) is 25.6. The molecule has 39 heavy (non-hydrogen) atoms. The van der Waals surface area contributed by atoms with Crippen LogP contribution in [0.25, 0.3) is 0 Å². The van der Waals surface area contributed by atoms with Crippen molar-refractivity contribution in [2.75, 3.05) is 19.8 Å². The van der Waals surface area contributed by atoms with E-state index in [-0.39, 0.29) is 22.8 Å². The van der Waals surface area contributed by atoms with E-state index in [1.165, 1.54) is 44.9 Å². The minimum absolute atomic E-state index is 0.159. The van der Waals surface area contributed by atoms with E-state index in [2.05, 4.69) is 27.7 Å². The van der Waals surface area contributed by atoms with Gasteiger partial charge in [-0.15, -0.1) is 0 Å². The monoisotopic (exact) mass is 550 g/mol. The van der Waals surface area contributed by atoms with E-state index in [1.807, 2.05) is 0 Å². The molecular formula is C33H58O6. The maximum atomic E-state index is 12.4. The lowest BCUT2D eigenvalue weighted by molar-refractivity contribution is 0.0686. The van der Waals surface area contributed by atoms with Crippen molar-refractivity contribution in [2.24, 2.45) is 0 Å². The highest BCUT2D eigenvalue weighted by atomic mass is 16.5. The highest BCUT2D eigenvalue weighted by Gasteiger charge is 2.31. The maximum Gasteiger partial charge on any atom is 0.343 e. The third kappa shape index (κ3) is 13.7. The van der Waals surface area contributed by atoms with Crippen LogP contribution >= 0.6 is 0 Å². The fourth-order valence-electron chi connectivity index (χ4n) is 4.78. The van der Waals surface area contributed by atoms with Crippen molar-refractivity contribution in [3.8, 4) is 23.0 Å². The smallest absolute Gasteiger partial charge is 0.343 e. The Morgan fingerprint density at radius 3 is 1.44 bits per heavy atom. The summed E-state index contributed by atoms with van der Waals surface area (Å²) in [6, 6.07) is 0. The van der Waals surface area contributed by atoms with E-state index >= 15 is 0 Å². The first-order valence-electron chi connectivity index (χ1n) is 16.1. The Kier molecular flexibility index (Phi) is 20.3. The van der Waals surface area contributed by atoms with Crippen LogP contribution in [0.2, 0.25) is 0 Å². The third-order valence-corrected chi connectivity index (χ3v) is 7.16. The van der Waals surface area contributed by atoms with Crippen LogP contribution < -0.4 is 14.2 Å². The van der Waals surface area contributed by atoms with Crippen LogP contribution in [-0.4, -0.2) is 36.0 Å². The summed E-state index contributed by atoms with van der Waals surface area (Å²) in [7, 11) is 0. The summed E-state index contributed by atoms with van der Waals surface area (Å²) in [6.45, 7) is 9.99. The number of carboxylic acid groups (broad SMARTS) is 1. The Hall–Kier alpha value is -2.11. The number of ether oxygens (including phenoxy) is 3. The summed E-state index contributed by atoms with van der Waals surface area (Å²) in [5.41, 5.74) is 0.495. The second-order valence-electron chi connectivity index (χ2n) is 10.7. The molecule has 0 fully saturated rings. The average molecular weight is 551 g/mol. The molecule has 0 spiro atoms. The van der Waals surface area contributed by atoms with E-state index in [9.17, 15) is 15.0 Å². The van der Waals surface area contributed by atoms with Gasteiger partial charge >= 0.3 is 5.97 Å². The van der Waals surface area contributed by atoms with Crippen molar-refractivity contribution >= 4 is 5.97 Å². The number of carbonyl (C=O) groups is 1. The predicted molar refractivity (Wildman–Crippen MR) is 161 cm³/mol. The van der Waals surface area contributed by atoms with Crippen LogP contribution in [0.4, 0.5) is 0 Å². The van der Waals surface area contributed by atoms with E-state index in [0.29, 0.717) is 32.0 Å². The summed E-state index contributed by atoms with van der Waals surface area (Å²) in [4.78, 5) is 12.4. The highest BCUT2D eigenvalue weighted by Crippen LogP contribution is 2.49. The Morgan fingerprint density at radius 1 is 0.538 bits per heavy atom. The van der Waals surface area contributed by atoms with Gasteiger partial charge < -0.3 is 24.4 Å². The quantitative estimate of drug-likeness (QED) is 0.112. The van der Waals surface area contributed by atoms with Crippen LogP contribution in [0.1, 0.15) is 159 Å². The molecule has 6 nitrogen and oxygen atoms in total. The van der Waals surface area contributed by atoms with Crippen molar-refractivity contribution in [1.82, 2.24) is 0 Å². The Labute approximate surface area is 238 Å². The van der Waals surface area contributed by atoms with Gasteiger partial charge in [-0.1, -0.05) is 118 Å². The third-order valence-electron chi connectivity index (χ3n) is 7.16. The molecule has 0 aliphatic heterocycles. The van der Waals surface area contributed by atoms with Gasteiger partial charge in [-0.3, -0.25) is 0 Å². The first-order valence-corrected chi connectivity index (χ1v) is 16.1. The predicted octanol–water partition coefficient (Wildman–Crippen LogP) is 9.87. The molecule has 226 valence electrons. The molecule has 0 aromatic heterocycles. The molecule has 0 radical (unpaired) electrons. The molecule has 2 N–H and O–H groups in total. The minimum Gasteiger partial charge on any atom is -0.504 e. The zero-order valence-corrected chi connectivity index (χ0v) is 25.6. The molecule has 0 heterocycles. The van der Waals surface area contributed by atoms with Crippen LogP contribution in [0, 0.1) is 0 Å². The number of aromatic hydroxyl groups is 1. The standard InChI is InChI=1S/C33H58O6/c1-5-9-13-15-17-21-25-38-31-27(23-19-11-7-3)30(37-24-20-12-8-4)29(34)28(33(35)36)32(31)39-26-22-18-16-14-10-6-2/h34H,5-26H2,1-4H3,(H,35,36). The molecule has 0 amide bonds. The second-order valence-corrected chi connectivity index (χ2v) is 10.7. The average Bonchev–Trinajstić information content (AvgIpc) is 2.92. The number of hydrogen-bond acceptors (Lipinski definition) is 5. The van der Waals surface area contributed by atoms with E-state index < -0.39 is 5.97 Å². The SMILES string of the molecule is CCCCCCCCOc1c(CCCCC)c(OCCCCC)c(O)c(C(=O)O)c1OCCCCCCCC. The van der Waals surface area contributed by atoms with Gasteiger partial charge in [0, 0.05) is 5.56 Å². The first kappa shape index (κ1) is 34.9. The molecule has 0 bridgehead atoms. The van der Waals surface area contributed by atoms with Crippen LogP contribution in [-0.2, 0) is 6.42 Å². The summed E-state index contributed by atoms with van der Waals surface area (Å²) >= 11 is 0. The van der Waals surface area contributed by atoms with Gasteiger partial charge in [0.15, 0.2) is 28.6 Å². The zero-order chi connectivity index (χ0) is 28.7. The molecule has 0 unspecified atom stereocenters. The second kappa shape index (κ2) is 22.7. The summed E-state index contributed by atoms with van der Waals surface area (Å²) in [6.07, 6.45) is 20.0. The molecule has 0 aliphatic rings. The van der Waals surface area contributed by atoms with Gasteiger partial charge in [0.2, 0.25) is 0 Å². The van der Waals surface area contributed by atoms with E-state index in [4.69, 9.17) is 14.2 Å². The Balaban J connectivity index is 3.29. The topological polar surface area (TPSA) is 85.2 Å². The molecule has 0 saturated heterocycles. The lowest BCUT2D eigenvalue weighted by Gasteiger charge is -2.23. The van der Waals surface area contributed by atoms with Crippen molar-refractivity contribution in [3.05, 3.63) is 11.1 Å². The normalized spacial score (nSPS) is 11.1. The summed E-state index contributed by atoms with van der Waals surface area (Å²) < 4.78 is 18.6. The molecule has 1 aromatic rings. The van der Waals surface area contributed by atoms with Gasteiger partial charge in [0.25, 0.3) is 0 Å². The largest absolute Gasteiger partial charge is 0.504 e. The number of rotatable bonds is 26. The maximum absolute atomic E-state index is 12.4. The van der Waals surface area contributed by atoms with Gasteiger partial charge in [-0.2, -0.15) is 0 Å². The van der Waals surface area contributed by atoms with Crippen molar-refractivity contribution < 1.29 is 29.2 Å². The number of unbranched alkanes of at least 4 members (excludes halogenated alkanes) is 14. The fraction of sp³-hybridized carbons (Fsp3) is 0.788. The lowest BCUT2D eigenvalue weighted by atomic mass is 9.99. The summed E-state index contributed by atoms with van der Waals surface area (Å²) in [5.74, 6) is -0.702. The van der Waals surface area contributed by atoms with E-state index in [1.54, 1.807) is 0 Å². The number of benzene rings is 1. The van der Waals surface area contributed by atoms with Crippen molar-refractivity contribution in [2.45, 2.75) is 150 Å². The van der Waals surface area contributed by atoms with Crippen LogP contribution in [0.15, 0.2) is 0 Å². The molecule has 1 aromatic carbocycles. The van der Waals surface area contributed by atoms with Crippen LogP contribution in [0.5, 0.6) is 23.0 Å². The molecule has 6 heteroatoms. The number of aromatic carboxylic acids is 1. The minimum atomic E-state index is -1.23. The molecule has 0 atom stereocenters. The number of carboxylic acids is 1. The van der Waals surface area contributed by atoms with Gasteiger partial charge in [-0.25, -0.2) is 4.79 Å². The molecule has 0 aliphatic carbocycles. The fourth-order valence-corrected chi connectivity index (χ4v) is 4.78. The Bertz CT molecular complexity index is 776. The van der Waals surface area contributed by atoms with Gasteiger partial charge in [0.1, 0.15) is 0 Å². The number of hydrogen-bond donors (Lipinski definition) is 2. The van der Waals surface area contributed by atoms with E-state index in [0.717, 1.165) is 76.2 Å². The van der Waals surface area contributed by atoms with Crippen molar-refractivity contribution in [3.63, 3.8) is 0 Å². The Morgan fingerprint density at radius 2 is 0.923 bits per heavy atom. The molecule has 0 saturated carbocycles. The van der Waals surface area contributed by atoms with Crippen LogP contribution in [0.3, 0.4) is 0 Å². The summed E-state index contributed by atoms with van der Waals surface area (Å²) in [5, 5.41) is 21.4. The number of phenols is 1. The lowest BCUT2D eigenvalue weighted by Crippen LogP contribution is -2.13. The highest BCUT2D eigenvalue weighted by molar-refractivity contribution is 5.97. The van der Waals surface area contributed by atoms with Gasteiger partial charge in [0.05, 0.1) is 19.8 Å². The molecular weight excluding hydrogens is 492 g/mol. The molecule has 1 rings (SSSR count). The first-order chi connectivity index (χ1) is 19.0.